The molecule has 1 unspecified atom stereocenters. The van der Waals surface area contributed by atoms with E-state index in [0.29, 0.717) is 14.6 Å². The maximum Gasteiger partial charge on any atom is 0.264 e. The summed E-state index contributed by atoms with van der Waals surface area (Å²) in [6.07, 6.45) is 0.892. The summed E-state index contributed by atoms with van der Waals surface area (Å²) >= 11 is 9.94. The highest BCUT2D eigenvalue weighted by molar-refractivity contribution is 9.11. The van der Waals surface area contributed by atoms with Gasteiger partial charge >= 0.3 is 0 Å². The number of sulfonamides is 1. The molecule has 0 aromatic heterocycles. The van der Waals surface area contributed by atoms with Crippen molar-refractivity contribution in [2.45, 2.75) is 24.3 Å². The van der Waals surface area contributed by atoms with Crippen LogP contribution in [0.5, 0.6) is 5.75 Å². The van der Waals surface area contributed by atoms with Crippen molar-refractivity contribution in [1.82, 2.24) is 0 Å². The SMILES string of the molecule is CC1Cc2cc(NS(=O)(=O)c3c(Br)cc(Br)cc3Br)ccc2O1. The number of rotatable bonds is 3. The molecule has 1 N–H and O–H groups in total. The lowest BCUT2D eigenvalue weighted by atomic mass is 10.1. The Kier molecular flexibility index (Phi) is 4.79. The van der Waals surface area contributed by atoms with Gasteiger partial charge in [-0.2, -0.15) is 0 Å². The lowest BCUT2D eigenvalue weighted by molar-refractivity contribution is 0.254. The molecule has 1 aliphatic heterocycles. The zero-order chi connectivity index (χ0) is 16.8. The van der Waals surface area contributed by atoms with Gasteiger partial charge in [-0.3, -0.25) is 4.72 Å². The van der Waals surface area contributed by atoms with E-state index < -0.39 is 10.0 Å². The normalized spacial score (nSPS) is 16.8. The molecule has 0 saturated carbocycles. The molecular weight excluding hydrogens is 514 g/mol. The molecule has 0 aliphatic carbocycles. The zero-order valence-electron chi connectivity index (χ0n) is 11.9. The van der Waals surface area contributed by atoms with E-state index in [1.54, 1.807) is 24.3 Å². The van der Waals surface area contributed by atoms with Crippen molar-refractivity contribution in [3.63, 3.8) is 0 Å². The Balaban J connectivity index is 1.95. The fraction of sp³-hybridized carbons (Fsp3) is 0.200. The van der Waals surface area contributed by atoms with Crippen LogP contribution in [0.1, 0.15) is 12.5 Å². The monoisotopic (exact) mass is 523 g/mol. The maximum atomic E-state index is 12.7. The lowest BCUT2D eigenvalue weighted by Crippen LogP contribution is -2.14. The third kappa shape index (κ3) is 3.60. The standard InChI is InChI=1S/C15H12Br3NO3S/c1-8-4-9-5-11(2-3-14(9)22-8)19-23(20,21)15-12(17)6-10(16)7-13(15)18/h2-3,5-8,19H,4H2,1H3. The smallest absolute Gasteiger partial charge is 0.264 e. The van der Waals surface area contributed by atoms with Crippen LogP contribution in [0.4, 0.5) is 5.69 Å². The number of ether oxygens (including phenoxy) is 1. The number of hydrogen-bond acceptors (Lipinski definition) is 3. The molecule has 8 heteroatoms. The van der Waals surface area contributed by atoms with Gasteiger partial charge in [0, 0.05) is 25.5 Å². The number of benzene rings is 2. The van der Waals surface area contributed by atoms with Gasteiger partial charge in [0.1, 0.15) is 16.7 Å². The highest BCUT2D eigenvalue weighted by atomic mass is 79.9. The van der Waals surface area contributed by atoms with Gasteiger partial charge in [-0.15, -0.1) is 0 Å². The molecule has 2 aromatic carbocycles. The van der Waals surface area contributed by atoms with E-state index >= 15 is 0 Å². The minimum Gasteiger partial charge on any atom is -0.490 e. The van der Waals surface area contributed by atoms with Crippen molar-refractivity contribution in [2.75, 3.05) is 4.72 Å². The summed E-state index contributed by atoms with van der Waals surface area (Å²) in [5.74, 6) is 0.812. The van der Waals surface area contributed by atoms with Crippen LogP contribution in [-0.2, 0) is 16.4 Å². The molecule has 0 amide bonds. The van der Waals surface area contributed by atoms with Crippen molar-refractivity contribution >= 4 is 63.5 Å². The first-order valence-corrected chi connectivity index (χ1v) is 10.6. The van der Waals surface area contributed by atoms with Crippen LogP contribution >= 0.6 is 47.8 Å². The maximum absolute atomic E-state index is 12.7. The van der Waals surface area contributed by atoms with Gasteiger partial charge in [-0.1, -0.05) is 15.9 Å². The first kappa shape index (κ1) is 17.3. The molecule has 1 atom stereocenters. The van der Waals surface area contributed by atoms with Crippen LogP contribution in [0.15, 0.2) is 48.6 Å². The van der Waals surface area contributed by atoms with Gasteiger partial charge in [-0.05, 0) is 74.7 Å². The summed E-state index contributed by atoms with van der Waals surface area (Å²) in [5.41, 5.74) is 1.52. The van der Waals surface area contributed by atoms with Gasteiger partial charge < -0.3 is 4.74 Å². The summed E-state index contributed by atoms with van der Waals surface area (Å²) in [5, 5.41) is 0. The molecule has 0 radical (unpaired) electrons. The number of fused-ring (bicyclic) bond motifs is 1. The second kappa shape index (κ2) is 6.38. The average Bonchev–Trinajstić information content (AvgIpc) is 2.75. The summed E-state index contributed by atoms with van der Waals surface area (Å²) in [6, 6.07) is 8.70. The van der Waals surface area contributed by atoms with E-state index in [0.717, 1.165) is 22.2 Å². The fourth-order valence-electron chi connectivity index (χ4n) is 2.48. The molecular formula is C15H12Br3NO3S. The van der Waals surface area contributed by atoms with Gasteiger partial charge in [0.05, 0.1) is 0 Å². The van der Waals surface area contributed by atoms with Crippen LogP contribution in [0.2, 0.25) is 0 Å². The minimum absolute atomic E-state index is 0.117. The van der Waals surface area contributed by atoms with Crippen LogP contribution in [0.25, 0.3) is 0 Å². The lowest BCUT2D eigenvalue weighted by Gasteiger charge is -2.12. The second-order valence-corrected chi connectivity index (χ2v) is 9.50. The van der Waals surface area contributed by atoms with E-state index in [4.69, 9.17) is 4.74 Å². The van der Waals surface area contributed by atoms with E-state index in [9.17, 15) is 8.42 Å². The summed E-state index contributed by atoms with van der Waals surface area (Å²) < 4.78 is 35.4. The van der Waals surface area contributed by atoms with Crippen molar-refractivity contribution < 1.29 is 13.2 Å². The number of nitrogens with one attached hydrogen (secondary N) is 1. The molecule has 0 saturated heterocycles. The van der Waals surface area contributed by atoms with Crippen molar-refractivity contribution in [2.24, 2.45) is 0 Å². The summed E-state index contributed by atoms with van der Waals surface area (Å²) in [6.45, 7) is 1.99. The van der Waals surface area contributed by atoms with Gasteiger partial charge in [-0.25, -0.2) is 8.42 Å². The Hall–Kier alpha value is -0.570. The number of anilines is 1. The minimum atomic E-state index is -3.73. The van der Waals surface area contributed by atoms with Gasteiger partial charge in [0.15, 0.2) is 0 Å². The molecule has 0 fully saturated rings. The van der Waals surface area contributed by atoms with Crippen LogP contribution in [-0.4, -0.2) is 14.5 Å². The molecule has 1 aliphatic rings. The molecule has 1 heterocycles. The molecule has 122 valence electrons. The Labute approximate surface area is 160 Å². The molecule has 2 aromatic rings. The van der Waals surface area contributed by atoms with E-state index in [2.05, 4.69) is 52.5 Å². The predicted molar refractivity (Wildman–Crippen MR) is 101 cm³/mol. The summed E-state index contributed by atoms with van der Waals surface area (Å²) in [7, 11) is -3.73. The van der Waals surface area contributed by atoms with E-state index in [1.807, 2.05) is 13.0 Å². The molecule has 0 spiro atoms. The Bertz CT molecular complexity index is 861. The zero-order valence-corrected chi connectivity index (χ0v) is 17.5. The Morgan fingerprint density at radius 2 is 1.78 bits per heavy atom. The Morgan fingerprint density at radius 1 is 1.13 bits per heavy atom. The van der Waals surface area contributed by atoms with E-state index in [1.165, 1.54) is 0 Å². The molecule has 3 rings (SSSR count). The largest absolute Gasteiger partial charge is 0.490 e. The van der Waals surface area contributed by atoms with Crippen LogP contribution in [0.3, 0.4) is 0 Å². The molecule has 0 bridgehead atoms. The van der Waals surface area contributed by atoms with Crippen LogP contribution in [0, 0.1) is 0 Å². The van der Waals surface area contributed by atoms with E-state index in [-0.39, 0.29) is 11.0 Å². The molecule has 23 heavy (non-hydrogen) atoms. The van der Waals surface area contributed by atoms with Crippen LogP contribution < -0.4 is 9.46 Å². The topological polar surface area (TPSA) is 55.4 Å². The quantitative estimate of drug-likeness (QED) is 0.607. The predicted octanol–water partition coefficient (Wildman–Crippen LogP) is 5.10. The molecule has 4 nitrogen and oxygen atoms in total. The summed E-state index contributed by atoms with van der Waals surface area (Å²) in [4.78, 5) is 0.158. The number of halogens is 3. The average molecular weight is 526 g/mol. The Morgan fingerprint density at radius 3 is 2.43 bits per heavy atom. The fourth-order valence-corrected chi connectivity index (χ4v) is 7.19. The third-order valence-corrected chi connectivity index (χ3v) is 7.10. The van der Waals surface area contributed by atoms with Crippen molar-refractivity contribution in [1.29, 1.82) is 0 Å². The first-order valence-electron chi connectivity index (χ1n) is 6.73. The number of hydrogen-bond donors (Lipinski definition) is 1. The van der Waals surface area contributed by atoms with Gasteiger partial charge in [0.25, 0.3) is 10.0 Å². The first-order chi connectivity index (χ1) is 10.8. The second-order valence-electron chi connectivity index (χ2n) is 5.26. The highest BCUT2D eigenvalue weighted by Crippen LogP contribution is 2.36. The van der Waals surface area contributed by atoms with Gasteiger partial charge in [0.2, 0.25) is 0 Å². The van der Waals surface area contributed by atoms with Crippen molar-refractivity contribution in [3.8, 4) is 5.75 Å². The van der Waals surface area contributed by atoms with Crippen molar-refractivity contribution in [3.05, 3.63) is 49.3 Å². The third-order valence-electron chi connectivity index (χ3n) is 3.38. The highest BCUT2D eigenvalue weighted by Gasteiger charge is 2.24.